The van der Waals surface area contributed by atoms with Gasteiger partial charge in [-0.1, -0.05) is 6.07 Å². The largest absolute Gasteiger partial charge is 0.411 e. The van der Waals surface area contributed by atoms with E-state index in [0.717, 1.165) is 14.5 Å². The summed E-state index contributed by atoms with van der Waals surface area (Å²) in [5, 5.41) is 5.09. The van der Waals surface area contributed by atoms with Gasteiger partial charge in [-0.15, -0.1) is 0 Å². The zero-order valence-corrected chi connectivity index (χ0v) is 11.4. The molecule has 3 nitrogen and oxygen atoms in total. The smallest absolute Gasteiger partial charge is 0.370 e. The van der Waals surface area contributed by atoms with Gasteiger partial charge >= 0.3 is 6.18 Å². The summed E-state index contributed by atoms with van der Waals surface area (Å²) in [6, 6.07) is 5.82. The summed E-state index contributed by atoms with van der Waals surface area (Å²) in [6.45, 7) is -0.925. The monoisotopic (exact) mass is 370 g/mol. The van der Waals surface area contributed by atoms with Gasteiger partial charge in [0.2, 0.25) is 0 Å². The molecule has 2 rings (SSSR count). The number of aromatic nitrogens is 2. The second kappa shape index (κ2) is 5.43. The van der Waals surface area contributed by atoms with Crippen LogP contribution in [0, 0.1) is 3.57 Å². The molecule has 0 unspecified atom stereocenters. The molecule has 0 aliphatic carbocycles. The van der Waals surface area contributed by atoms with E-state index >= 15 is 0 Å². The van der Waals surface area contributed by atoms with Crippen molar-refractivity contribution >= 4 is 33.5 Å². The minimum atomic E-state index is -4.28. The summed E-state index contributed by atoms with van der Waals surface area (Å²) >= 11 is 2.18. The van der Waals surface area contributed by atoms with E-state index in [4.69, 9.17) is 0 Å². The van der Waals surface area contributed by atoms with Crippen LogP contribution in [0.1, 0.15) is 0 Å². The molecule has 2 aromatic rings. The Bertz CT molecular complexity index is 539. The van der Waals surface area contributed by atoms with Crippen molar-refractivity contribution in [3.63, 3.8) is 0 Å². The summed E-state index contributed by atoms with van der Waals surface area (Å²) in [6.07, 6.45) is -2.59. The number of hydrogen-bond acceptors (Lipinski definition) is 2. The second-order valence-corrected chi connectivity index (χ2v) is 4.98. The molecule has 0 bridgehead atoms. The molecule has 0 saturated heterocycles. The van der Waals surface area contributed by atoms with Gasteiger partial charge in [-0.2, -0.15) is 18.3 Å². The van der Waals surface area contributed by atoms with Crippen LogP contribution >= 0.6 is 22.6 Å². The van der Waals surface area contributed by atoms with Crippen LogP contribution in [-0.4, -0.2) is 29.2 Å². The van der Waals surface area contributed by atoms with Gasteiger partial charge in [0.25, 0.3) is 0 Å². The maximum Gasteiger partial charge on any atom is 0.411 e. The van der Waals surface area contributed by atoms with Crippen molar-refractivity contribution in [2.75, 3.05) is 13.2 Å². The lowest BCUT2D eigenvalue weighted by Crippen LogP contribution is -2.19. The van der Waals surface area contributed by atoms with Gasteiger partial charge in [0.1, 0.15) is 6.61 Å². The number of ether oxygens (including phenoxy) is 1. The highest BCUT2D eigenvalue weighted by atomic mass is 127. The zero-order chi connectivity index (χ0) is 13.2. The molecule has 98 valence electrons. The summed E-state index contributed by atoms with van der Waals surface area (Å²) in [4.78, 5) is 0. The topological polar surface area (TPSA) is 27.1 Å². The molecule has 0 radical (unpaired) electrons. The van der Waals surface area contributed by atoms with E-state index in [1.807, 2.05) is 18.2 Å². The van der Waals surface area contributed by atoms with Crippen molar-refractivity contribution in [3.05, 3.63) is 28.0 Å². The van der Waals surface area contributed by atoms with Crippen molar-refractivity contribution < 1.29 is 17.9 Å². The minimum Gasteiger partial charge on any atom is -0.370 e. The van der Waals surface area contributed by atoms with E-state index in [9.17, 15) is 13.2 Å². The molecule has 0 spiro atoms. The Morgan fingerprint density at radius 3 is 2.83 bits per heavy atom. The second-order valence-electron chi connectivity index (χ2n) is 3.74. The van der Waals surface area contributed by atoms with Crippen LogP contribution in [-0.2, 0) is 11.3 Å². The van der Waals surface area contributed by atoms with Crippen LogP contribution in [0.3, 0.4) is 0 Å². The highest BCUT2D eigenvalue weighted by molar-refractivity contribution is 14.1. The molecule has 0 fully saturated rings. The molecule has 0 atom stereocenters. The normalized spacial score (nSPS) is 12.2. The Labute approximate surface area is 115 Å². The van der Waals surface area contributed by atoms with E-state index in [-0.39, 0.29) is 6.61 Å². The van der Waals surface area contributed by atoms with Crippen molar-refractivity contribution in [3.8, 4) is 0 Å². The first-order valence-corrected chi connectivity index (χ1v) is 6.29. The SMILES string of the molecule is FC(F)(F)COCCn1ncc2ccc(I)cc21. The van der Waals surface area contributed by atoms with E-state index in [2.05, 4.69) is 32.4 Å². The number of hydrogen-bond donors (Lipinski definition) is 0. The molecule has 1 heterocycles. The molecule has 18 heavy (non-hydrogen) atoms. The molecule has 0 N–H and O–H groups in total. The Hall–Kier alpha value is -0.830. The van der Waals surface area contributed by atoms with Gasteiger partial charge in [0, 0.05) is 8.96 Å². The van der Waals surface area contributed by atoms with Crippen molar-refractivity contribution in [2.24, 2.45) is 0 Å². The van der Waals surface area contributed by atoms with Crippen LogP contribution in [0.2, 0.25) is 0 Å². The maximum absolute atomic E-state index is 11.9. The lowest BCUT2D eigenvalue weighted by molar-refractivity contribution is -0.174. The fourth-order valence-electron chi connectivity index (χ4n) is 1.56. The number of alkyl halides is 3. The number of halogens is 4. The summed E-state index contributed by atoms with van der Waals surface area (Å²) < 4.78 is 42.9. The Balaban J connectivity index is 1.98. The van der Waals surface area contributed by atoms with E-state index in [1.165, 1.54) is 0 Å². The highest BCUT2D eigenvalue weighted by Gasteiger charge is 2.27. The Kier molecular flexibility index (Phi) is 4.10. The Morgan fingerprint density at radius 1 is 1.33 bits per heavy atom. The van der Waals surface area contributed by atoms with E-state index < -0.39 is 12.8 Å². The van der Waals surface area contributed by atoms with Gasteiger partial charge in [0.05, 0.1) is 24.9 Å². The fraction of sp³-hybridized carbons (Fsp3) is 0.364. The summed E-state index contributed by atoms with van der Waals surface area (Å²) in [5.74, 6) is 0. The molecule has 0 saturated carbocycles. The molecule has 1 aromatic carbocycles. The number of nitrogens with zero attached hydrogens (tertiary/aromatic N) is 2. The predicted molar refractivity (Wildman–Crippen MR) is 69.3 cm³/mol. The quantitative estimate of drug-likeness (QED) is 0.611. The van der Waals surface area contributed by atoms with E-state index in [1.54, 1.807) is 10.9 Å². The van der Waals surface area contributed by atoms with Gasteiger partial charge in [-0.3, -0.25) is 4.68 Å². The summed E-state index contributed by atoms with van der Waals surface area (Å²) in [7, 11) is 0. The van der Waals surface area contributed by atoms with Crippen molar-refractivity contribution in [1.82, 2.24) is 9.78 Å². The number of benzene rings is 1. The average Bonchev–Trinajstić information content (AvgIpc) is 2.66. The molecule has 0 aliphatic rings. The maximum atomic E-state index is 11.9. The van der Waals surface area contributed by atoms with Crippen molar-refractivity contribution in [1.29, 1.82) is 0 Å². The van der Waals surface area contributed by atoms with Gasteiger partial charge in [0.15, 0.2) is 0 Å². The third kappa shape index (κ3) is 3.58. The predicted octanol–water partition coefficient (Wildman–Crippen LogP) is 3.22. The first-order valence-electron chi connectivity index (χ1n) is 5.21. The third-order valence-electron chi connectivity index (χ3n) is 2.32. The average molecular weight is 370 g/mol. The molecular weight excluding hydrogens is 360 g/mol. The number of rotatable bonds is 4. The molecule has 7 heteroatoms. The van der Waals surface area contributed by atoms with Gasteiger partial charge < -0.3 is 4.74 Å². The van der Waals surface area contributed by atoms with Crippen molar-refractivity contribution in [2.45, 2.75) is 12.7 Å². The van der Waals surface area contributed by atoms with E-state index in [0.29, 0.717) is 6.54 Å². The van der Waals surface area contributed by atoms with Gasteiger partial charge in [-0.25, -0.2) is 0 Å². The molecule has 0 amide bonds. The highest BCUT2D eigenvalue weighted by Crippen LogP contribution is 2.17. The zero-order valence-electron chi connectivity index (χ0n) is 9.25. The van der Waals surface area contributed by atoms with Crippen LogP contribution < -0.4 is 0 Å². The van der Waals surface area contributed by atoms with Crippen LogP contribution in [0.5, 0.6) is 0 Å². The first-order chi connectivity index (χ1) is 8.46. The minimum absolute atomic E-state index is 0.0121. The standard InChI is InChI=1S/C11H10F3IN2O/c12-11(13,14)7-18-4-3-17-10-5-9(15)2-1-8(10)6-16-17/h1-2,5-6H,3-4,7H2. The molecule has 1 aromatic heterocycles. The Morgan fingerprint density at radius 2 is 2.11 bits per heavy atom. The lowest BCUT2D eigenvalue weighted by atomic mass is 10.3. The lowest BCUT2D eigenvalue weighted by Gasteiger charge is -2.08. The van der Waals surface area contributed by atoms with Crippen LogP contribution in [0.15, 0.2) is 24.4 Å². The van der Waals surface area contributed by atoms with Gasteiger partial charge in [-0.05, 0) is 34.7 Å². The third-order valence-corrected chi connectivity index (χ3v) is 2.99. The molecule has 0 aliphatic heterocycles. The molecular formula is C11H10F3IN2O. The summed E-state index contributed by atoms with van der Waals surface area (Å²) in [5.41, 5.74) is 0.900. The number of fused-ring (bicyclic) bond motifs is 1. The fourth-order valence-corrected chi connectivity index (χ4v) is 2.04. The van der Waals surface area contributed by atoms with Crippen LogP contribution in [0.4, 0.5) is 13.2 Å². The van der Waals surface area contributed by atoms with Crippen LogP contribution in [0.25, 0.3) is 10.9 Å². The first kappa shape index (κ1) is 13.6.